The maximum absolute atomic E-state index is 11.5. The summed E-state index contributed by atoms with van der Waals surface area (Å²) in [6.07, 6.45) is 0.0680. The van der Waals surface area contributed by atoms with E-state index in [1.165, 1.54) is 11.3 Å². The number of methoxy groups -OCH3 is 1. The van der Waals surface area contributed by atoms with Gasteiger partial charge in [0, 0.05) is 18.5 Å². The third-order valence-corrected chi connectivity index (χ3v) is 3.33. The zero-order valence-electron chi connectivity index (χ0n) is 9.44. The van der Waals surface area contributed by atoms with Crippen LogP contribution in [0, 0.1) is 0 Å². The Morgan fingerprint density at radius 3 is 2.82 bits per heavy atom. The minimum Gasteiger partial charge on any atom is -0.380 e. The lowest BCUT2D eigenvalue weighted by molar-refractivity contribution is -0.123. The molecular weight excluding hydrogens is 283 g/mol. The maximum atomic E-state index is 11.5. The molecule has 1 amide bonds. The lowest BCUT2D eigenvalue weighted by Crippen LogP contribution is -2.31. The van der Waals surface area contributed by atoms with E-state index in [9.17, 15) is 4.79 Å². The molecule has 0 bridgehead atoms. The zero-order valence-corrected chi connectivity index (χ0v) is 11.8. The average Bonchev–Trinajstić information content (AvgIpc) is 2.69. The largest absolute Gasteiger partial charge is 0.380 e. The van der Waals surface area contributed by atoms with Crippen molar-refractivity contribution in [2.75, 3.05) is 13.7 Å². The first-order chi connectivity index (χ1) is 7.65. The number of carbonyl (C=O) groups is 1. The van der Waals surface area contributed by atoms with Crippen molar-refractivity contribution in [1.29, 1.82) is 0 Å². The van der Waals surface area contributed by atoms with Crippen LogP contribution >= 0.6 is 35.3 Å². The van der Waals surface area contributed by atoms with E-state index < -0.39 is 0 Å². The molecule has 98 valence electrons. The van der Waals surface area contributed by atoms with Crippen LogP contribution in [0.25, 0.3) is 0 Å². The van der Waals surface area contributed by atoms with Crippen LogP contribution < -0.4 is 11.1 Å². The molecule has 0 aliphatic heterocycles. The summed E-state index contributed by atoms with van der Waals surface area (Å²) in [4.78, 5) is 12.5. The Morgan fingerprint density at radius 1 is 1.65 bits per heavy atom. The van der Waals surface area contributed by atoms with Crippen molar-refractivity contribution in [3.8, 4) is 0 Å². The summed E-state index contributed by atoms with van der Waals surface area (Å²) in [6.45, 7) is 0.839. The normalized spacial score (nSPS) is 11.7. The fraction of sp³-hybridized carbons (Fsp3) is 0.500. The molecule has 1 atom stereocenters. The van der Waals surface area contributed by atoms with Gasteiger partial charge in [0.05, 0.1) is 23.4 Å². The second-order valence-corrected chi connectivity index (χ2v) is 5.08. The summed E-state index contributed by atoms with van der Waals surface area (Å²) in [5, 5.41) is 2.79. The highest BCUT2D eigenvalue weighted by Gasteiger charge is 2.11. The Bertz CT molecular complexity index is 343. The summed E-state index contributed by atoms with van der Waals surface area (Å²) >= 11 is 7.23. The molecular formula is C10H16Cl2N2O2S. The standard InChI is InChI=1S/C10H15ClN2O2S.ClH/c1-15-7(5-12)4-10(14)13-6-8-2-3-9(11)16-8;/h2-3,7H,4-6,12H2,1H3,(H,13,14);1H. The SMILES string of the molecule is COC(CN)CC(=O)NCc1ccc(Cl)s1.Cl. The summed E-state index contributed by atoms with van der Waals surface area (Å²) in [7, 11) is 1.55. The van der Waals surface area contributed by atoms with Gasteiger partial charge in [0.2, 0.25) is 5.91 Å². The van der Waals surface area contributed by atoms with Gasteiger partial charge >= 0.3 is 0 Å². The predicted octanol–water partition coefficient (Wildman–Crippen LogP) is 1.80. The summed E-state index contributed by atoms with van der Waals surface area (Å²) in [6, 6.07) is 3.70. The van der Waals surface area contributed by atoms with Gasteiger partial charge in [0.25, 0.3) is 0 Å². The van der Waals surface area contributed by atoms with E-state index in [2.05, 4.69) is 5.32 Å². The smallest absolute Gasteiger partial charge is 0.222 e. The van der Waals surface area contributed by atoms with Crippen molar-refractivity contribution in [2.24, 2.45) is 5.73 Å². The highest BCUT2D eigenvalue weighted by atomic mass is 35.5. The van der Waals surface area contributed by atoms with Crippen molar-refractivity contribution >= 4 is 41.3 Å². The number of thiophene rings is 1. The number of nitrogens with two attached hydrogens (primary N) is 1. The Labute approximate surface area is 116 Å². The van der Waals surface area contributed by atoms with Crippen molar-refractivity contribution in [3.63, 3.8) is 0 Å². The van der Waals surface area contributed by atoms with Gasteiger partial charge in [-0.05, 0) is 12.1 Å². The average molecular weight is 299 g/mol. The molecule has 3 N–H and O–H groups in total. The molecule has 1 unspecified atom stereocenters. The first-order valence-corrected chi connectivity index (χ1v) is 6.09. The topological polar surface area (TPSA) is 64.3 Å². The van der Waals surface area contributed by atoms with Crippen LogP contribution in [0.3, 0.4) is 0 Å². The fourth-order valence-electron chi connectivity index (χ4n) is 1.17. The molecule has 1 heterocycles. The van der Waals surface area contributed by atoms with E-state index >= 15 is 0 Å². The maximum Gasteiger partial charge on any atom is 0.222 e. The van der Waals surface area contributed by atoms with Gasteiger partial charge in [0.15, 0.2) is 0 Å². The Kier molecular flexibility index (Phi) is 8.55. The van der Waals surface area contributed by atoms with Gasteiger partial charge < -0.3 is 15.8 Å². The van der Waals surface area contributed by atoms with E-state index in [1.54, 1.807) is 7.11 Å². The molecule has 1 aromatic rings. The number of hydrogen-bond donors (Lipinski definition) is 2. The number of ether oxygens (including phenoxy) is 1. The van der Waals surface area contributed by atoms with Crippen LogP contribution in [-0.2, 0) is 16.1 Å². The minimum atomic E-state index is -0.216. The number of halogens is 2. The summed E-state index contributed by atoms with van der Waals surface area (Å²) < 4.78 is 5.75. The molecule has 17 heavy (non-hydrogen) atoms. The number of amides is 1. The quantitative estimate of drug-likeness (QED) is 0.842. The third kappa shape index (κ3) is 6.24. The van der Waals surface area contributed by atoms with Crippen LogP contribution in [0.15, 0.2) is 12.1 Å². The van der Waals surface area contributed by atoms with Crippen molar-refractivity contribution in [1.82, 2.24) is 5.32 Å². The van der Waals surface area contributed by atoms with Crippen LogP contribution in [0.5, 0.6) is 0 Å². The van der Waals surface area contributed by atoms with Gasteiger partial charge in [0.1, 0.15) is 0 Å². The Hall–Kier alpha value is -0.330. The first-order valence-electron chi connectivity index (χ1n) is 4.89. The van der Waals surface area contributed by atoms with Crippen LogP contribution in [0.4, 0.5) is 0 Å². The van der Waals surface area contributed by atoms with Gasteiger partial charge in [-0.15, -0.1) is 23.7 Å². The molecule has 0 spiro atoms. The van der Waals surface area contributed by atoms with Gasteiger partial charge in [-0.2, -0.15) is 0 Å². The van der Waals surface area contributed by atoms with E-state index in [-0.39, 0.29) is 30.8 Å². The van der Waals surface area contributed by atoms with E-state index in [0.717, 1.165) is 9.21 Å². The predicted molar refractivity (Wildman–Crippen MR) is 72.9 cm³/mol. The van der Waals surface area contributed by atoms with E-state index in [1.807, 2.05) is 12.1 Å². The number of nitrogens with one attached hydrogen (secondary N) is 1. The number of carbonyl (C=O) groups excluding carboxylic acids is 1. The molecule has 4 nitrogen and oxygen atoms in total. The molecule has 1 aromatic heterocycles. The second kappa shape index (κ2) is 8.72. The monoisotopic (exact) mass is 298 g/mol. The highest BCUT2D eigenvalue weighted by Crippen LogP contribution is 2.20. The van der Waals surface area contributed by atoms with E-state index in [0.29, 0.717) is 13.1 Å². The first kappa shape index (κ1) is 16.7. The molecule has 0 aromatic carbocycles. The molecule has 0 radical (unpaired) electrons. The summed E-state index contributed by atoms with van der Waals surface area (Å²) in [5.41, 5.74) is 5.42. The van der Waals surface area contributed by atoms with Gasteiger partial charge in [-0.1, -0.05) is 11.6 Å². The second-order valence-electron chi connectivity index (χ2n) is 3.28. The highest BCUT2D eigenvalue weighted by molar-refractivity contribution is 7.16. The van der Waals surface area contributed by atoms with Crippen LogP contribution in [0.2, 0.25) is 4.34 Å². The zero-order chi connectivity index (χ0) is 12.0. The van der Waals surface area contributed by atoms with Crippen LogP contribution in [0.1, 0.15) is 11.3 Å². The number of hydrogen-bond acceptors (Lipinski definition) is 4. The summed E-state index contributed by atoms with van der Waals surface area (Å²) in [5.74, 6) is -0.0678. The number of rotatable bonds is 6. The molecule has 0 aliphatic rings. The Morgan fingerprint density at radius 2 is 2.35 bits per heavy atom. The van der Waals surface area contributed by atoms with Crippen molar-refractivity contribution in [3.05, 3.63) is 21.3 Å². The molecule has 0 aliphatic carbocycles. The molecule has 0 fully saturated rings. The van der Waals surface area contributed by atoms with Crippen LogP contribution in [-0.4, -0.2) is 25.7 Å². The lowest BCUT2D eigenvalue weighted by Gasteiger charge is -2.12. The molecule has 0 saturated carbocycles. The minimum absolute atomic E-state index is 0. The third-order valence-electron chi connectivity index (χ3n) is 2.10. The van der Waals surface area contributed by atoms with Crippen molar-refractivity contribution < 1.29 is 9.53 Å². The van der Waals surface area contributed by atoms with Crippen molar-refractivity contribution in [2.45, 2.75) is 19.1 Å². The van der Waals surface area contributed by atoms with E-state index in [4.69, 9.17) is 22.1 Å². The molecule has 0 saturated heterocycles. The van der Waals surface area contributed by atoms with Gasteiger partial charge in [-0.3, -0.25) is 4.79 Å². The fourth-order valence-corrected chi connectivity index (χ4v) is 2.20. The van der Waals surface area contributed by atoms with Gasteiger partial charge in [-0.25, -0.2) is 0 Å². The Balaban J connectivity index is 0.00000256. The molecule has 1 rings (SSSR count). The molecule has 7 heteroatoms. The lowest BCUT2D eigenvalue weighted by atomic mass is 10.2.